The number of methoxy groups -OCH3 is 2. The smallest absolute Gasteiger partial charge is 0.323 e. The van der Waals surface area contributed by atoms with Gasteiger partial charge in [-0.3, -0.25) is 9.69 Å². The highest BCUT2D eigenvalue weighted by Crippen LogP contribution is 2.44. The first-order chi connectivity index (χ1) is 17.9. The lowest BCUT2D eigenvalue weighted by Gasteiger charge is -2.33. The van der Waals surface area contributed by atoms with Crippen LogP contribution in [0.2, 0.25) is 0 Å². The second-order valence-electron chi connectivity index (χ2n) is 10.3. The van der Waals surface area contributed by atoms with Crippen LogP contribution in [0.1, 0.15) is 44.2 Å². The zero-order valence-corrected chi connectivity index (χ0v) is 22.3. The first-order valence-corrected chi connectivity index (χ1v) is 13.4. The molecule has 3 aromatic rings. The van der Waals surface area contributed by atoms with Crippen LogP contribution in [0, 0.1) is 5.92 Å². The minimum atomic E-state index is -0.606. The van der Waals surface area contributed by atoms with Crippen LogP contribution in [-0.2, 0) is 22.5 Å². The largest absolute Gasteiger partial charge is 0.493 e. The summed E-state index contributed by atoms with van der Waals surface area (Å²) in [4.78, 5) is 14.8. The Labute approximate surface area is 218 Å². The summed E-state index contributed by atoms with van der Waals surface area (Å²) in [6.07, 6.45) is 4.40. The van der Waals surface area contributed by atoms with Crippen LogP contribution in [0.15, 0.2) is 30.3 Å². The number of carbonyl (C=O) groups is 1. The third-order valence-electron chi connectivity index (χ3n) is 8.25. The van der Waals surface area contributed by atoms with E-state index in [0.717, 1.165) is 48.2 Å². The van der Waals surface area contributed by atoms with Crippen molar-refractivity contribution >= 4 is 27.5 Å². The number of carbonyl (C=O) groups excluding carboxylic acids is 1. The number of hydrogen-bond donors (Lipinski definition) is 1. The Bertz CT molecular complexity index is 1310. The first kappa shape index (κ1) is 25.6. The topological polar surface area (TPSA) is 83.3 Å². The summed E-state index contributed by atoms with van der Waals surface area (Å²) in [6.45, 7) is 6.52. The van der Waals surface area contributed by atoms with Crippen molar-refractivity contribution in [3.05, 3.63) is 41.5 Å². The standard InChI is InChI=1S/C30H38N2O5/c1-5-18(2)29(31)30(33)37-12-11-36-20-8-9-21-23(14-20)25-16-28(35-4)27(34-3)15-24(25)22-13-19-7-6-10-32(19)17-26(21)22/h8-9,14-16,18-19,29H,5-7,10-13,17,31H2,1-4H3/t18-,19+,29-/m0/s1. The van der Waals surface area contributed by atoms with E-state index in [4.69, 9.17) is 24.7 Å². The lowest BCUT2D eigenvalue weighted by atomic mass is 9.85. The molecule has 2 N–H and O–H groups in total. The number of benzene rings is 3. The molecule has 198 valence electrons. The Kier molecular flexibility index (Phi) is 7.45. The highest BCUT2D eigenvalue weighted by Gasteiger charge is 2.32. The molecular weight excluding hydrogens is 468 g/mol. The molecule has 2 heterocycles. The second-order valence-corrected chi connectivity index (χ2v) is 10.3. The van der Waals surface area contributed by atoms with Crippen molar-refractivity contribution in [3.63, 3.8) is 0 Å². The molecule has 7 heteroatoms. The third kappa shape index (κ3) is 4.82. The van der Waals surface area contributed by atoms with Gasteiger partial charge in [0.05, 0.1) is 14.2 Å². The summed E-state index contributed by atoms with van der Waals surface area (Å²) in [5.41, 5.74) is 8.79. The molecule has 0 amide bonds. The molecule has 3 atom stereocenters. The van der Waals surface area contributed by atoms with Gasteiger partial charge in [0.2, 0.25) is 0 Å². The summed E-state index contributed by atoms with van der Waals surface area (Å²) in [5.74, 6) is 1.90. The molecule has 1 fully saturated rings. The normalized spacial score (nSPS) is 18.8. The number of fused-ring (bicyclic) bond motifs is 7. The van der Waals surface area contributed by atoms with Gasteiger partial charge in [0, 0.05) is 12.6 Å². The minimum absolute atomic E-state index is 0.0829. The molecule has 0 aromatic heterocycles. The van der Waals surface area contributed by atoms with E-state index in [1.807, 2.05) is 19.9 Å². The fourth-order valence-electron chi connectivity index (χ4n) is 5.85. The minimum Gasteiger partial charge on any atom is -0.493 e. The van der Waals surface area contributed by atoms with Gasteiger partial charge in [-0.25, -0.2) is 0 Å². The van der Waals surface area contributed by atoms with E-state index in [0.29, 0.717) is 11.8 Å². The fourth-order valence-corrected chi connectivity index (χ4v) is 5.85. The third-order valence-corrected chi connectivity index (χ3v) is 8.25. The van der Waals surface area contributed by atoms with Crippen LogP contribution in [0.25, 0.3) is 21.5 Å². The second kappa shape index (κ2) is 10.8. The molecule has 0 saturated carbocycles. The molecule has 2 aliphatic rings. The summed E-state index contributed by atoms with van der Waals surface area (Å²) >= 11 is 0. The van der Waals surface area contributed by atoms with Crippen LogP contribution < -0.4 is 19.9 Å². The number of nitrogens with two attached hydrogens (primary N) is 1. The van der Waals surface area contributed by atoms with E-state index in [1.54, 1.807) is 14.2 Å². The van der Waals surface area contributed by atoms with Gasteiger partial charge < -0.3 is 24.7 Å². The van der Waals surface area contributed by atoms with E-state index in [1.165, 1.54) is 34.7 Å². The Morgan fingerprint density at radius 3 is 2.49 bits per heavy atom. The van der Waals surface area contributed by atoms with Gasteiger partial charge in [-0.1, -0.05) is 26.3 Å². The molecule has 0 radical (unpaired) electrons. The summed E-state index contributed by atoms with van der Waals surface area (Å²) in [5, 5.41) is 4.73. The SMILES string of the molecule is CC[C@H](C)[C@H](N)C(=O)OCCOc1ccc2c3c(c4cc(OC)c(OC)cc4c2c1)C[C@H]1CCCN1C3. The van der Waals surface area contributed by atoms with Gasteiger partial charge in [-0.15, -0.1) is 0 Å². The Morgan fingerprint density at radius 1 is 1.03 bits per heavy atom. The van der Waals surface area contributed by atoms with Crippen LogP contribution in [0.4, 0.5) is 0 Å². The van der Waals surface area contributed by atoms with Crippen molar-refractivity contribution in [2.45, 2.75) is 58.2 Å². The number of rotatable bonds is 9. The van der Waals surface area contributed by atoms with Crippen LogP contribution in [0.3, 0.4) is 0 Å². The van der Waals surface area contributed by atoms with E-state index in [9.17, 15) is 4.79 Å². The quantitative estimate of drug-likeness (QED) is 0.253. The highest BCUT2D eigenvalue weighted by atomic mass is 16.6. The predicted octanol–water partition coefficient (Wildman–Crippen LogP) is 4.83. The molecular formula is C30H38N2O5. The van der Waals surface area contributed by atoms with E-state index < -0.39 is 6.04 Å². The monoisotopic (exact) mass is 506 g/mol. The Morgan fingerprint density at radius 2 is 1.76 bits per heavy atom. The van der Waals surface area contributed by atoms with Gasteiger partial charge in [-0.05, 0) is 88.7 Å². The van der Waals surface area contributed by atoms with E-state index in [2.05, 4.69) is 29.2 Å². The summed E-state index contributed by atoms with van der Waals surface area (Å²) in [7, 11) is 3.36. The molecule has 2 aliphatic heterocycles. The van der Waals surface area contributed by atoms with Crippen LogP contribution in [-0.4, -0.2) is 56.9 Å². The van der Waals surface area contributed by atoms with Gasteiger partial charge in [0.15, 0.2) is 11.5 Å². The van der Waals surface area contributed by atoms with E-state index in [-0.39, 0.29) is 25.1 Å². The number of hydrogen-bond acceptors (Lipinski definition) is 7. The average Bonchev–Trinajstić information content (AvgIpc) is 3.40. The van der Waals surface area contributed by atoms with Gasteiger partial charge >= 0.3 is 5.97 Å². The van der Waals surface area contributed by atoms with Gasteiger partial charge in [0.25, 0.3) is 0 Å². The maximum atomic E-state index is 12.2. The number of nitrogens with zero attached hydrogens (tertiary/aromatic N) is 1. The fraction of sp³-hybridized carbons (Fsp3) is 0.500. The lowest BCUT2D eigenvalue weighted by molar-refractivity contribution is -0.147. The summed E-state index contributed by atoms with van der Waals surface area (Å²) < 4.78 is 22.7. The number of ether oxygens (including phenoxy) is 4. The Hall–Kier alpha value is -3.03. The highest BCUT2D eigenvalue weighted by molar-refractivity contribution is 6.12. The van der Waals surface area contributed by atoms with Crippen LogP contribution >= 0.6 is 0 Å². The molecule has 7 nitrogen and oxygen atoms in total. The Balaban J connectivity index is 1.46. The number of esters is 1. The maximum Gasteiger partial charge on any atom is 0.323 e. The average molecular weight is 507 g/mol. The summed E-state index contributed by atoms with van der Waals surface area (Å²) in [6, 6.07) is 10.5. The van der Waals surface area contributed by atoms with Crippen molar-refractivity contribution < 1.29 is 23.7 Å². The molecule has 37 heavy (non-hydrogen) atoms. The van der Waals surface area contributed by atoms with E-state index >= 15 is 0 Å². The van der Waals surface area contributed by atoms with Crippen molar-refractivity contribution in [3.8, 4) is 17.2 Å². The molecule has 3 aromatic carbocycles. The lowest BCUT2D eigenvalue weighted by Crippen LogP contribution is -2.38. The van der Waals surface area contributed by atoms with Gasteiger partial charge in [-0.2, -0.15) is 0 Å². The zero-order valence-electron chi connectivity index (χ0n) is 22.3. The van der Waals surface area contributed by atoms with Gasteiger partial charge in [0.1, 0.15) is 25.0 Å². The predicted molar refractivity (Wildman–Crippen MR) is 146 cm³/mol. The van der Waals surface area contributed by atoms with Crippen molar-refractivity contribution in [1.82, 2.24) is 4.90 Å². The molecule has 0 spiro atoms. The molecule has 5 rings (SSSR count). The van der Waals surface area contributed by atoms with Crippen LogP contribution in [0.5, 0.6) is 17.2 Å². The van der Waals surface area contributed by atoms with Crippen molar-refractivity contribution in [2.24, 2.45) is 11.7 Å². The molecule has 0 bridgehead atoms. The maximum absolute atomic E-state index is 12.2. The molecule has 1 saturated heterocycles. The molecule has 0 unspecified atom stereocenters. The van der Waals surface area contributed by atoms with Crippen molar-refractivity contribution in [1.29, 1.82) is 0 Å². The zero-order chi connectivity index (χ0) is 26.1. The first-order valence-electron chi connectivity index (χ1n) is 13.4. The van der Waals surface area contributed by atoms with Crippen molar-refractivity contribution in [2.75, 3.05) is 34.0 Å². The molecule has 0 aliphatic carbocycles.